The molecule has 0 saturated carbocycles. The predicted molar refractivity (Wildman–Crippen MR) is 62.2 cm³/mol. The molecule has 0 aliphatic heterocycles. The van der Waals surface area contributed by atoms with Gasteiger partial charge in [-0.3, -0.25) is 0 Å². The van der Waals surface area contributed by atoms with Crippen molar-refractivity contribution in [1.29, 1.82) is 0 Å². The van der Waals surface area contributed by atoms with Crippen molar-refractivity contribution in [2.24, 2.45) is 0 Å². The molecule has 0 atom stereocenters. The standard InChI is InChI=1S/C12H21NO/c1-5-11(4)10-12(6-2)14-9-8-13-7-3/h5-6,10,13H,1,7-9H2,2-4H3/b11-10-,12-6+. The van der Waals surface area contributed by atoms with Crippen LogP contribution in [0.2, 0.25) is 0 Å². The van der Waals surface area contributed by atoms with Crippen molar-refractivity contribution in [2.75, 3.05) is 19.7 Å². The minimum Gasteiger partial charge on any atom is -0.493 e. The molecular weight excluding hydrogens is 174 g/mol. The summed E-state index contributed by atoms with van der Waals surface area (Å²) in [6, 6.07) is 0. The summed E-state index contributed by atoms with van der Waals surface area (Å²) in [6.07, 6.45) is 5.76. The number of rotatable bonds is 7. The Balaban J connectivity index is 3.87. The fraction of sp³-hybridized carbons (Fsp3) is 0.500. The fourth-order valence-corrected chi connectivity index (χ4v) is 0.909. The van der Waals surface area contributed by atoms with Gasteiger partial charge in [0.15, 0.2) is 0 Å². The summed E-state index contributed by atoms with van der Waals surface area (Å²) in [5, 5.41) is 3.20. The van der Waals surface area contributed by atoms with Crippen LogP contribution in [0.3, 0.4) is 0 Å². The molecule has 2 heteroatoms. The molecule has 0 aromatic carbocycles. The Labute approximate surface area is 87.3 Å². The van der Waals surface area contributed by atoms with E-state index >= 15 is 0 Å². The fourth-order valence-electron chi connectivity index (χ4n) is 0.909. The molecule has 1 N–H and O–H groups in total. The molecule has 0 amide bonds. The number of allylic oxidation sites excluding steroid dienone is 4. The summed E-state index contributed by atoms with van der Waals surface area (Å²) in [4.78, 5) is 0. The van der Waals surface area contributed by atoms with Crippen molar-refractivity contribution in [3.8, 4) is 0 Å². The quantitative estimate of drug-likeness (QED) is 0.383. The van der Waals surface area contributed by atoms with Gasteiger partial charge in [0.2, 0.25) is 0 Å². The Bertz CT molecular complexity index is 216. The second-order valence-electron chi connectivity index (χ2n) is 2.99. The third-order valence-electron chi connectivity index (χ3n) is 1.77. The van der Waals surface area contributed by atoms with E-state index in [1.165, 1.54) is 0 Å². The predicted octanol–water partition coefficient (Wildman–Crippen LogP) is 2.65. The Morgan fingerprint density at radius 2 is 2.21 bits per heavy atom. The molecule has 0 saturated heterocycles. The van der Waals surface area contributed by atoms with Gasteiger partial charge in [-0.1, -0.05) is 19.6 Å². The topological polar surface area (TPSA) is 21.3 Å². The molecule has 0 rings (SSSR count). The molecule has 80 valence electrons. The lowest BCUT2D eigenvalue weighted by Gasteiger charge is -2.07. The summed E-state index contributed by atoms with van der Waals surface area (Å²) in [5.74, 6) is 0.903. The van der Waals surface area contributed by atoms with Crippen molar-refractivity contribution in [3.63, 3.8) is 0 Å². The van der Waals surface area contributed by atoms with Gasteiger partial charge in [-0.25, -0.2) is 0 Å². The first-order valence-electron chi connectivity index (χ1n) is 5.05. The molecule has 0 heterocycles. The summed E-state index contributed by atoms with van der Waals surface area (Å²) in [6.45, 7) is 12.3. The van der Waals surface area contributed by atoms with E-state index < -0.39 is 0 Å². The average Bonchev–Trinajstić information content (AvgIpc) is 2.22. The third-order valence-corrected chi connectivity index (χ3v) is 1.77. The first kappa shape index (κ1) is 13.0. The van der Waals surface area contributed by atoms with E-state index in [9.17, 15) is 0 Å². The number of nitrogens with one attached hydrogen (secondary N) is 1. The van der Waals surface area contributed by atoms with E-state index in [2.05, 4.69) is 18.8 Å². The molecule has 0 aliphatic rings. The van der Waals surface area contributed by atoms with E-state index in [1.54, 1.807) is 0 Å². The summed E-state index contributed by atoms with van der Waals surface area (Å²) in [5.41, 5.74) is 1.11. The van der Waals surface area contributed by atoms with Crippen molar-refractivity contribution in [2.45, 2.75) is 20.8 Å². The molecule has 0 radical (unpaired) electrons. The SMILES string of the molecule is C=C/C(C)=C\C(=C/C)OCCNCC. The van der Waals surface area contributed by atoms with Gasteiger partial charge in [0.25, 0.3) is 0 Å². The van der Waals surface area contributed by atoms with Crippen LogP contribution in [0.5, 0.6) is 0 Å². The summed E-state index contributed by atoms with van der Waals surface area (Å²) in [7, 11) is 0. The van der Waals surface area contributed by atoms with Gasteiger partial charge in [0.1, 0.15) is 12.4 Å². The minimum atomic E-state index is 0.703. The lowest BCUT2D eigenvalue weighted by Crippen LogP contribution is -2.18. The highest BCUT2D eigenvalue weighted by molar-refractivity contribution is 5.23. The Hall–Kier alpha value is -1.02. The van der Waals surface area contributed by atoms with Crippen LogP contribution >= 0.6 is 0 Å². The molecule has 2 nitrogen and oxygen atoms in total. The molecule has 0 unspecified atom stereocenters. The van der Waals surface area contributed by atoms with Crippen molar-refractivity contribution < 1.29 is 4.74 Å². The van der Waals surface area contributed by atoms with Crippen LogP contribution in [0.1, 0.15) is 20.8 Å². The largest absolute Gasteiger partial charge is 0.493 e. The zero-order valence-electron chi connectivity index (χ0n) is 9.47. The monoisotopic (exact) mass is 195 g/mol. The number of hydrogen-bond acceptors (Lipinski definition) is 2. The van der Waals surface area contributed by atoms with Crippen LogP contribution in [-0.4, -0.2) is 19.7 Å². The van der Waals surface area contributed by atoms with Crippen LogP contribution in [0.25, 0.3) is 0 Å². The second-order valence-corrected chi connectivity index (χ2v) is 2.99. The average molecular weight is 195 g/mol. The normalized spacial score (nSPS) is 12.8. The van der Waals surface area contributed by atoms with Gasteiger partial charge >= 0.3 is 0 Å². The van der Waals surface area contributed by atoms with Gasteiger partial charge < -0.3 is 10.1 Å². The van der Waals surface area contributed by atoms with E-state index in [-0.39, 0.29) is 0 Å². The third kappa shape index (κ3) is 6.49. The molecule has 0 spiro atoms. The Morgan fingerprint density at radius 3 is 2.71 bits per heavy atom. The highest BCUT2D eigenvalue weighted by Gasteiger charge is 1.92. The van der Waals surface area contributed by atoms with Gasteiger partial charge in [-0.15, -0.1) is 0 Å². The molecule has 0 aromatic rings. The van der Waals surface area contributed by atoms with Crippen molar-refractivity contribution in [3.05, 3.63) is 36.1 Å². The Morgan fingerprint density at radius 1 is 1.50 bits per heavy atom. The second kappa shape index (κ2) is 8.57. The van der Waals surface area contributed by atoms with E-state index in [1.807, 2.05) is 32.1 Å². The summed E-state index contributed by atoms with van der Waals surface area (Å²) < 4.78 is 5.54. The van der Waals surface area contributed by atoms with E-state index in [4.69, 9.17) is 4.74 Å². The van der Waals surface area contributed by atoms with Crippen LogP contribution < -0.4 is 5.32 Å². The van der Waals surface area contributed by atoms with E-state index in [0.29, 0.717) is 6.61 Å². The smallest absolute Gasteiger partial charge is 0.115 e. The van der Waals surface area contributed by atoms with Gasteiger partial charge in [0, 0.05) is 6.54 Å². The highest BCUT2D eigenvalue weighted by Crippen LogP contribution is 2.04. The first-order chi connectivity index (χ1) is 6.74. The molecular formula is C12H21NO. The van der Waals surface area contributed by atoms with Crippen LogP contribution in [0, 0.1) is 0 Å². The van der Waals surface area contributed by atoms with E-state index in [0.717, 1.165) is 24.4 Å². The summed E-state index contributed by atoms with van der Waals surface area (Å²) >= 11 is 0. The maximum absolute atomic E-state index is 5.54. The number of ether oxygens (including phenoxy) is 1. The minimum absolute atomic E-state index is 0.703. The molecule has 0 aliphatic carbocycles. The number of likely N-dealkylation sites (N-methyl/N-ethyl adjacent to an activating group) is 1. The van der Waals surface area contributed by atoms with Crippen molar-refractivity contribution >= 4 is 0 Å². The van der Waals surface area contributed by atoms with Crippen LogP contribution in [-0.2, 0) is 4.74 Å². The van der Waals surface area contributed by atoms with Gasteiger partial charge in [-0.05, 0) is 38.1 Å². The molecule has 0 bridgehead atoms. The maximum Gasteiger partial charge on any atom is 0.115 e. The van der Waals surface area contributed by atoms with Crippen molar-refractivity contribution in [1.82, 2.24) is 5.32 Å². The Kier molecular flexibility index (Phi) is 7.95. The number of hydrogen-bond donors (Lipinski definition) is 1. The lowest BCUT2D eigenvalue weighted by atomic mass is 10.2. The zero-order chi connectivity index (χ0) is 10.8. The molecule has 14 heavy (non-hydrogen) atoms. The van der Waals surface area contributed by atoms with Gasteiger partial charge in [-0.2, -0.15) is 0 Å². The maximum atomic E-state index is 5.54. The highest BCUT2D eigenvalue weighted by atomic mass is 16.5. The first-order valence-corrected chi connectivity index (χ1v) is 5.05. The van der Waals surface area contributed by atoms with Crippen LogP contribution in [0.15, 0.2) is 36.1 Å². The van der Waals surface area contributed by atoms with Gasteiger partial charge in [0.05, 0.1) is 0 Å². The molecule has 0 aromatic heterocycles. The lowest BCUT2D eigenvalue weighted by molar-refractivity contribution is 0.224. The molecule has 0 fully saturated rings. The zero-order valence-corrected chi connectivity index (χ0v) is 9.47. The van der Waals surface area contributed by atoms with Crippen LogP contribution in [0.4, 0.5) is 0 Å².